The van der Waals surface area contributed by atoms with E-state index >= 15 is 0 Å². The average Bonchev–Trinajstić information content (AvgIpc) is 3.08. The van der Waals surface area contributed by atoms with Crippen molar-refractivity contribution in [2.45, 2.75) is 50.0 Å². The third-order valence-corrected chi connectivity index (χ3v) is 9.16. The number of hydrogen-bond donors (Lipinski definition) is 2. The predicted molar refractivity (Wildman–Crippen MR) is 137 cm³/mol. The second-order valence-corrected chi connectivity index (χ2v) is 11.4. The lowest BCUT2D eigenvalue weighted by atomic mass is 9.73. The Labute approximate surface area is 215 Å². The minimum atomic E-state index is -3.95. The van der Waals surface area contributed by atoms with Gasteiger partial charge in [0.15, 0.2) is 0 Å². The maximum atomic E-state index is 13.3. The van der Waals surface area contributed by atoms with Crippen LogP contribution in [0.1, 0.15) is 39.5 Å². The van der Waals surface area contributed by atoms with Crippen molar-refractivity contribution in [2.24, 2.45) is 5.92 Å². The first kappa shape index (κ1) is 26.0. The molecule has 0 bridgehead atoms. The molecule has 2 aliphatic rings. The first-order chi connectivity index (χ1) is 17.1. The van der Waals surface area contributed by atoms with Gasteiger partial charge < -0.3 is 10.6 Å². The number of nitrogens with one attached hydrogen (secondary N) is 2. The molecule has 0 aromatic heterocycles. The largest absolute Gasteiger partial charge is 0.325 e. The summed E-state index contributed by atoms with van der Waals surface area (Å²) in [4.78, 5) is 39.4. The number of hydrogen-bond acceptors (Lipinski definition) is 5. The highest BCUT2D eigenvalue weighted by atomic mass is 35.5. The predicted octanol–water partition coefficient (Wildman–Crippen LogP) is 3.99. The number of carbonyl (C=O) groups is 3. The summed E-state index contributed by atoms with van der Waals surface area (Å²) in [7, 11) is -3.95. The Hall–Kier alpha value is -3.11. The van der Waals surface area contributed by atoms with Gasteiger partial charge in [-0.2, -0.15) is 0 Å². The van der Waals surface area contributed by atoms with Gasteiger partial charge in [-0.1, -0.05) is 49.6 Å². The molecule has 1 aliphatic heterocycles. The average molecular weight is 533 g/mol. The minimum Gasteiger partial charge on any atom is -0.323 e. The first-order valence-electron chi connectivity index (χ1n) is 11.9. The van der Waals surface area contributed by atoms with Crippen LogP contribution in [0.5, 0.6) is 0 Å². The van der Waals surface area contributed by atoms with Crippen LogP contribution in [0.2, 0.25) is 5.02 Å². The van der Waals surface area contributed by atoms with Gasteiger partial charge in [-0.05, 0) is 56.0 Å². The summed E-state index contributed by atoms with van der Waals surface area (Å²) >= 11 is 6.25. The van der Waals surface area contributed by atoms with Crippen LogP contribution in [-0.4, -0.2) is 49.8 Å². The Bertz CT molecular complexity index is 1290. The lowest BCUT2D eigenvalue weighted by Gasteiger charge is -2.36. The van der Waals surface area contributed by atoms with E-state index in [-0.39, 0.29) is 28.1 Å². The molecule has 2 N–H and O–H groups in total. The van der Waals surface area contributed by atoms with Crippen molar-refractivity contribution in [3.8, 4) is 0 Å². The van der Waals surface area contributed by atoms with E-state index in [4.69, 9.17) is 11.6 Å². The van der Waals surface area contributed by atoms with Crippen molar-refractivity contribution in [3.05, 3.63) is 53.6 Å². The van der Waals surface area contributed by atoms with E-state index in [1.165, 1.54) is 22.5 Å². The topological polar surface area (TPSA) is 116 Å². The van der Waals surface area contributed by atoms with E-state index in [1.54, 1.807) is 37.3 Å². The molecule has 192 valence electrons. The van der Waals surface area contributed by atoms with Gasteiger partial charge in [0, 0.05) is 6.54 Å². The number of nitrogens with zero attached hydrogens (tertiary/aromatic N) is 2. The van der Waals surface area contributed by atoms with Crippen molar-refractivity contribution in [2.75, 3.05) is 22.7 Å². The van der Waals surface area contributed by atoms with Crippen LogP contribution in [0.3, 0.4) is 0 Å². The fraction of sp³-hybridized carbons (Fsp3) is 0.400. The van der Waals surface area contributed by atoms with Crippen molar-refractivity contribution in [3.63, 3.8) is 0 Å². The molecule has 1 heterocycles. The van der Waals surface area contributed by atoms with Crippen LogP contribution in [0.4, 0.5) is 16.2 Å². The molecule has 4 amide bonds. The van der Waals surface area contributed by atoms with E-state index in [0.717, 1.165) is 24.2 Å². The number of urea groups is 1. The standard InChI is InChI=1S/C25H29ClN4O5S/c1-3-30(18-10-5-4-6-11-18)36(34,35)19-12-13-20(26)21(15-19)27-22(31)16-29-23(32)25(28-24(29)33)14-8-7-9-17(25)2/h4-6,10-13,15,17H,3,7-9,14,16H2,1-2H3,(H,27,31)(H,28,33)/t17-,25-/m0/s1. The summed E-state index contributed by atoms with van der Waals surface area (Å²) in [5.74, 6) is -1.09. The first-order valence-corrected chi connectivity index (χ1v) is 13.7. The number of amides is 4. The van der Waals surface area contributed by atoms with Crippen LogP contribution in [0, 0.1) is 5.92 Å². The highest BCUT2D eigenvalue weighted by Gasteiger charge is 2.55. The van der Waals surface area contributed by atoms with Crippen LogP contribution >= 0.6 is 11.6 Å². The fourth-order valence-electron chi connectivity index (χ4n) is 4.95. The number of carbonyl (C=O) groups excluding carboxylic acids is 3. The zero-order valence-electron chi connectivity index (χ0n) is 20.2. The number of imide groups is 1. The van der Waals surface area contributed by atoms with Crippen LogP contribution in [-0.2, 0) is 19.6 Å². The molecule has 2 atom stereocenters. The Kier molecular flexibility index (Phi) is 7.28. The second kappa shape index (κ2) is 10.1. The summed E-state index contributed by atoms with van der Waals surface area (Å²) in [6.07, 6.45) is 3.17. The zero-order chi connectivity index (χ0) is 26.1. The van der Waals surface area contributed by atoms with Crippen LogP contribution < -0.4 is 14.9 Å². The van der Waals surface area contributed by atoms with E-state index < -0.39 is 40.0 Å². The third kappa shape index (κ3) is 4.67. The molecular formula is C25H29ClN4O5S. The number of anilines is 2. The number of rotatable bonds is 7. The van der Waals surface area contributed by atoms with E-state index in [1.807, 2.05) is 6.92 Å². The molecule has 1 saturated carbocycles. The second-order valence-electron chi connectivity index (χ2n) is 9.13. The Morgan fingerprint density at radius 2 is 1.92 bits per heavy atom. The van der Waals surface area contributed by atoms with E-state index in [0.29, 0.717) is 12.1 Å². The molecule has 1 aliphatic carbocycles. The van der Waals surface area contributed by atoms with E-state index in [2.05, 4.69) is 10.6 Å². The quantitative estimate of drug-likeness (QED) is 0.523. The van der Waals surface area contributed by atoms with Crippen LogP contribution in [0.25, 0.3) is 0 Å². The molecule has 2 aromatic carbocycles. The van der Waals surface area contributed by atoms with Gasteiger partial charge in [0.2, 0.25) is 5.91 Å². The minimum absolute atomic E-state index is 0.0294. The van der Waals surface area contributed by atoms with Gasteiger partial charge in [-0.25, -0.2) is 13.2 Å². The summed E-state index contributed by atoms with van der Waals surface area (Å²) in [5, 5.41) is 5.50. The van der Waals surface area contributed by atoms with Gasteiger partial charge in [0.25, 0.3) is 15.9 Å². The smallest absolute Gasteiger partial charge is 0.323 e. The SMILES string of the molecule is CCN(c1ccccc1)S(=O)(=O)c1ccc(Cl)c(NC(=O)CN2C(=O)N[C@]3(CCCC[C@@H]3C)C2=O)c1. The zero-order valence-corrected chi connectivity index (χ0v) is 21.7. The summed E-state index contributed by atoms with van der Waals surface area (Å²) in [6.45, 7) is 3.35. The molecule has 2 aromatic rings. The Morgan fingerprint density at radius 3 is 2.58 bits per heavy atom. The number of para-hydroxylation sites is 1. The summed E-state index contributed by atoms with van der Waals surface area (Å²) in [6, 6.07) is 12.1. The lowest BCUT2D eigenvalue weighted by molar-refractivity contribution is -0.136. The van der Waals surface area contributed by atoms with Gasteiger partial charge in [-0.15, -0.1) is 0 Å². The highest BCUT2D eigenvalue weighted by molar-refractivity contribution is 7.92. The normalized spacial score (nSPS) is 22.0. The molecule has 4 rings (SSSR count). The third-order valence-electron chi connectivity index (χ3n) is 6.93. The van der Waals surface area contributed by atoms with E-state index in [9.17, 15) is 22.8 Å². The Morgan fingerprint density at radius 1 is 1.19 bits per heavy atom. The van der Waals surface area contributed by atoms with Crippen LogP contribution in [0.15, 0.2) is 53.4 Å². The highest BCUT2D eigenvalue weighted by Crippen LogP contribution is 2.38. The Balaban J connectivity index is 1.53. The molecule has 1 saturated heterocycles. The summed E-state index contributed by atoms with van der Waals surface area (Å²) in [5.41, 5.74) is -0.396. The number of sulfonamides is 1. The molecule has 0 unspecified atom stereocenters. The monoisotopic (exact) mass is 532 g/mol. The number of halogens is 1. The molecular weight excluding hydrogens is 504 g/mol. The molecule has 11 heteroatoms. The van der Waals surface area contributed by atoms with Gasteiger partial charge in [0.05, 0.1) is 21.3 Å². The molecule has 9 nitrogen and oxygen atoms in total. The van der Waals surface area contributed by atoms with Gasteiger partial charge in [-0.3, -0.25) is 18.8 Å². The molecule has 0 radical (unpaired) electrons. The maximum absolute atomic E-state index is 13.3. The number of benzene rings is 2. The summed E-state index contributed by atoms with van der Waals surface area (Å²) < 4.78 is 27.9. The fourth-order valence-corrected chi connectivity index (χ4v) is 6.61. The van der Waals surface area contributed by atoms with Crippen molar-refractivity contribution in [1.29, 1.82) is 0 Å². The molecule has 1 spiro atoms. The van der Waals surface area contributed by atoms with Crippen molar-refractivity contribution < 1.29 is 22.8 Å². The van der Waals surface area contributed by atoms with Crippen molar-refractivity contribution in [1.82, 2.24) is 10.2 Å². The lowest BCUT2D eigenvalue weighted by Crippen LogP contribution is -2.54. The maximum Gasteiger partial charge on any atom is 0.325 e. The van der Waals surface area contributed by atoms with Gasteiger partial charge in [0.1, 0.15) is 12.1 Å². The molecule has 36 heavy (non-hydrogen) atoms. The molecule has 2 fully saturated rings. The van der Waals surface area contributed by atoms with Crippen molar-refractivity contribution >= 4 is 50.8 Å². The van der Waals surface area contributed by atoms with Gasteiger partial charge >= 0.3 is 6.03 Å².